The minimum atomic E-state index is -0.814. The Hall–Kier alpha value is -1.86. The van der Waals surface area contributed by atoms with Gasteiger partial charge < -0.3 is 10.1 Å². The number of nitrogens with zero attached hydrogens (tertiary/aromatic N) is 1. The second-order valence-electron chi connectivity index (χ2n) is 4.27. The molecule has 0 aromatic heterocycles. The van der Waals surface area contributed by atoms with Gasteiger partial charge in [0.1, 0.15) is 5.60 Å². The average Bonchev–Trinajstić information content (AvgIpc) is 2.40. The second-order valence-corrected chi connectivity index (χ2v) is 4.27. The number of amides is 1. The van der Waals surface area contributed by atoms with Crippen molar-refractivity contribution in [3.05, 3.63) is 29.8 Å². The summed E-state index contributed by atoms with van der Waals surface area (Å²) in [6.07, 6.45) is 0.973. The van der Waals surface area contributed by atoms with E-state index in [1.807, 2.05) is 19.1 Å². The largest absolute Gasteiger partial charge is 0.369 e. The Morgan fingerprint density at radius 1 is 1.44 bits per heavy atom. The van der Waals surface area contributed by atoms with E-state index in [9.17, 15) is 4.79 Å². The molecule has 0 saturated heterocycles. The maximum absolute atomic E-state index is 12.0. The number of ether oxygens (including phenoxy) is 1. The molecule has 1 aromatic rings. The molecule has 18 heavy (non-hydrogen) atoms. The van der Waals surface area contributed by atoms with Crippen molar-refractivity contribution in [3.63, 3.8) is 0 Å². The first-order valence-corrected chi connectivity index (χ1v) is 5.88. The molecule has 0 radical (unpaired) electrons. The van der Waals surface area contributed by atoms with Crippen LogP contribution < -0.4 is 5.32 Å². The monoisotopic (exact) mass is 246 g/mol. The Morgan fingerprint density at radius 3 is 2.50 bits per heavy atom. The van der Waals surface area contributed by atoms with Crippen LogP contribution in [0, 0.1) is 11.3 Å². The molecular weight excluding hydrogens is 228 g/mol. The van der Waals surface area contributed by atoms with E-state index >= 15 is 0 Å². The summed E-state index contributed by atoms with van der Waals surface area (Å²) >= 11 is 0. The number of carbonyl (C=O) groups excluding carboxylic acids is 1. The van der Waals surface area contributed by atoms with Gasteiger partial charge in [-0.05, 0) is 31.0 Å². The van der Waals surface area contributed by atoms with E-state index in [1.165, 1.54) is 7.11 Å². The number of anilines is 1. The SMILES string of the molecule is CCC(C)(OC)C(=O)Nc1ccc(CC#N)cc1. The zero-order valence-electron chi connectivity index (χ0n) is 11.0. The molecule has 1 aromatic carbocycles. The van der Waals surface area contributed by atoms with Crippen molar-refractivity contribution in [1.29, 1.82) is 5.26 Å². The summed E-state index contributed by atoms with van der Waals surface area (Å²) in [7, 11) is 1.53. The number of carbonyl (C=O) groups is 1. The summed E-state index contributed by atoms with van der Waals surface area (Å²) < 4.78 is 5.23. The number of methoxy groups -OCH3 is 1. The first-order chi connectivity index (χ1) is 8.55. The quantitative estimate of drug-likeness (QED) is 0.868. The molecule has 1 unspecified atom stereocenters. The first kappa shape index (κ1) is 14.2. The van der Waals surface area contributed by atoms with Gasteiger partial charge >= 0.3 is 0 Å². The van der Waals surface area contributed by atoms with Crippen molar-refractivity contribution < 1.29 is 9.53 Å². The predicted octanol–water partition coefficient (Wildman–Crippen LogP) is 2.51. The highest BCUT2D eigenvalue weighted by molar-refractivity contribution is 5.97. The summed E-state index contributed by atoms with van der Waals surface area (Å²) in [5.74, 6) is -0.166. The van der Waals surface area contributed by atoms with Crippen molar-refractivity contribution >= 4 is 11.6 Å². The highest BCUT2D eigenvalue weighted by Crippen LogP contribution is 2.18. The molecule has 1 N–H and O–H groups in total. The Bertz CT molecular complexity index is 442. The summed E-state index contributed by atoms with van der Waals surface area (Å²) in [5.41, 5.74) is 0.824. The van der Waals surface area contributed by atoms with Crippen LogP contribution in [0.5, 0.6) is 0 Å². The zero-order chi connectivity index (χ0) is 13.6. The predicted molar refractivity (Wildman–Crippen MR) is 70.1 cm³/mol. The molecule has 96 valence electrons. The number of hydrogen-bond acceptors (Lipinski definition) is 3. The van der Waals surface area contributed by atoms with Crippen molar-refractivity contribution in [2.24, 2.45) is 0 Å². The fourth-order valence-electron chi connectivity index (χ4n) is 1.46. The number of nitrogens with one attached hydrogen (secondary N) is 1. The van der Waals surface area contributed by atoms with Gasteiger partial charge in [-0.3, -0.25) is 4.79 Å². The van der Waals surface area contributed by atoms with E-state index in [-0.39, 0.29) is 5.91 Å². The van der Waals surface area contributed by atoms with Gasteiger partial charge in [-0.1, -0.05) is 19.1 Å². The molecule has 0 bridgehead atoms. The molecule has 1 rings (SSSR count). The first-order valence-electron chi connectivity index (χ1n) is 5.88. The van der Waals surface area contributed by atoms with Gasteiger partial charge in [0.2, 0.25) is 0 Å². The van der Waals surface area contributed by atoms with Gasteiger partial charge in [0.15, 0.2) is 0 Å². The van der Waals surface area contributed by atoms with Gasteiger partial charge in [0.05, 0.1) is 12.5 Å². The van der Waals surface area contributed by atoms with Gasteiger partial charge in [0.25, 0.3) is 5.91 Å². The molecule has 4 heteroatoms. The summed E-state index contributed by atoms with van der Waals surface area (Å²) in [5, 5.41) is 11.4. The van der Waals surface area contributed by atoms with Gasteiger partial charge in [-0.2, -0.15) is 5.26 Å². The maximum Gasteiger partial charge on any atom is 0.256 e. The molecule has 0 aliphatic heterocycles. The van der Waals surface area contributed by atoms with Crippen LogP contribution in [0.1, 0.15) is 25.8 Å². The summed E-state index contributed by atoms with van der Waals surface area (Å²) in [6, 6.07) is 9.31. The van der Waals surface area contributed by atoms with Crippen LogP contribution in [0.15, 0.2) is 24.3 Å². The molecule has 0 spiro atoms. The topological polar surface area (TPSA) is 62.1 Å². The maximum atomic E-state index is 12.0. The summed E-state index contributed by atoms with van der Waals surface area (Å²) in [6.45, 7) is 3.66. The number of rotatable bonds is 5. The van der Waals surface area contributed by atoms with Gasteiger partial charge in [-0.25, -0.2) is 0 Å². The van der Waals surface area contributed by atoms with Crippen molar-refractivity contribution in [2.45, 2.75) is 32.3 Å². The van der Waals surface area contributed by atoms with E-state index in [0.29, 0.717) is 18.5 Å². The van der Waals surface area contributed by atoms with E-state index < -0.39 is 5.60 Å². The molecule has 1 amide bonds. The van der Waals surface area contributed by atoms with Crippen molar-refractivity contribution in [3.8, 4) is 6.07 Å². The van der Waals surface area contributed by atoms with E-state index in [1.54, 1.807) is 19.1 Å². The average molecular weight is 246 g/mol. The number of nitriles is 1. The minimum Gasteiger partial charge on any atom is -0.369 e. The van der Waals surface area contributed by atoms with Crippen LogP contribution in [-0.2, 0) is 16.0 Å². The van der Waals surface area contributed by atoms with Crippen LogP contribution >= 0.6 is 0 Å². The lowest BCUT2D eigenvalue weighted by Gasteiger charge is -2.25. The second kappa shape index (κ2) is 6.18. The van der Waals surface area contributed by atoms with Crippen LogP contribution in [0.25, 0.3) is 0 Å². The molecular formula is C14H18N2O2. The Labute approximate surface area is 108 Å². The fraction of sp³-hybridized carbons (Fsp3) is 0.429. The van der Waals surface area contributed by atoms with Crippen molar-refractivity contribution in [2.75, 3.05) is 12.4 Å². The Balaban J connectivity index is 2.73. The van der Waals surface area contributed by atoms with Crippen LogP contribution in [0.4, 0.5) is 5.69 Å². The molecule has 0 fully saturated rings. The smallest absolute Gasteiger partial charge is 0.256 e. The lowest BCUT2D eigenvalue weighted by atomic mass is 10.0. The van der Waals surface area contributed by atoms with E-state index in [0.717, 1.165) is 5.56 Å². The van der Waals surface area contributed by atoms with Crippen LogP contribution in [0.3, 0.4) is 0 Å². The van der Waals surface area contributed by atoms with E-state index in [4.69, 9.17) is 10.00 Å². The Morgan fingerprint density at radius 2 is 2.06 bits per heavy atom. The van der Waals surface area contributed by atoms with Gasteiger partial charge in [-0.15, -0.1) is 0 Å². The molecule has 0 saturated carbocycles. The van der Waals surface area contributed by atoms with Crippen LogP contribution in [0.2, 0.25) is 0 Å². The third kappa shape index (κ3) is 3.31. The number of benzene rings is 1. The van der Waals surface area contributed by atoms with Gasteiger partial charge in [0, 0.05) is 12.8 Å². The molecule has 1 atom stereocenters. The zero-order valence-corrected chi connectivity index (χ0v) is 11.0. The third-order valence-corrected chi connectivity index (χ3v) is 3.10. The molecule has 4 nitrogen and oxygen atoms in total. The summed E-state index contributed by atoms with van der Waals surface area (Å²) in [4.78, 5) is 12.0. The number of hydrogen-bond donors (Lipinski definition) is 1. The molecule has 0 aliphatic carbocycles. The van der Waals surface area contributed by atoms with E-state index in [2.05, 4.69) is 11.4 Å². The highest BCUT2D eigenvalue weighted by Gasteiger charge is 2.30. The fourth-order valence-corrected chi connectivity index (χ4v) is 1.46. The minimum absolute atomic E-state index is 0.166. The van der Waals surface area contributed by atoms with Crippen molar-refractivity contribution in [1.82, 2.24) is 0 Å². The van der Waals surface area contributed by atoms with Crippen LogP contribution in [-0.4, -0.2) is 18.6 Å². The standard InChI is InChI=1S/C14H18N2O2/c1-4-14(2,18-3)13(17)16-12-7-5-11(6-8-12)9-10-15/h5-8H,4,9H2,1-3H3,(H,16,17). The normalized spacial score (nSPS) is 13.4. The molecule has 0 heterocycles. The highest BCUT2D eigenvalue weighted by atomic mass is 16.5. The molecule has 0 aliphatic rings. The lowest BCUT2D eigenvalue weighted by Crippen LogP contribution is -2.41. The Kier molecular flexibility index (Phi) is 4.87. The third-order valence-electron chi connectivity index (χ3n) is 3.10. The lowest BCUT2D eigenvalue weighted by molar-refractivity contribution is -0.136.